The van der Waals surface area contributed by atoms with Crippen LogP contribution in [0.3, 0.4) is 0 Å². The zero-order chi connectivity index (χ0) is 13.3. The summed E-state index contributed by atoms with van der Waals surface area (Å²) < 4.78 is 39.6. The van der Waals surface area contributed by atoms with E-state index in [1.165, 1.54) is 19.5 Å². The highest BCUT2D eigenvalue weighted by molar-refractivity contribution is 5.05. The van der Waals surface area contributed by atoms with Crippen LogP contribution in [-0.2, 0) is 0 Å². The number of hydrogen-bond donors (Lipinski definition) is 0. The van der Waals surface area contributed by atoms with Crippen molar-refractivity contribution < 1.29 is 13.2 Å². The molecule has 0 N–H and O–H groups in total. The zero-order valence-corrected chi connectivity index (χ0v) is 11.3. The topological polar surface area (TPSA) is 3.24 Å². The van der Waals surface area contributed by atoms with E-state index in [1.54, 1.807) is 0 Å². The minimum atomic E-state index is -3.98. The van der Waals surface area contributed by atoms with Crippen molar-refractivity contribution in [2.45, 2.75) is 51.1 Å². The van der Waals surface area contributed by atoms with Gasteiger partial charge in [0.1, 0.15) is 0 Å². The van der Waals surface area contributed by atoms with Crippen molar-refractivity contribution in [1.82, 2.24) is 4.90 Å². The van der Waals surface area contributed by atoms with Gasteiger partial charge in [0.2, 0.25) is 0 Å². The fourth-order valence-electron chi connectivity index (χ4n) is 5.02. The van der Waals surface area contributed by atoms with E-state index in [4.69, 9.17) is 0 Å². The first-order chi connectivity index (χ1) is 8.92. The lowest BCUT2D eigenvalue weighted by Gasteiger charge is -2.54. The third kappa shape index (κ3) is 1.85. The fourth-order valence-corrected chi connectivity index (χ4v) is 5.02. The van der Waals surface area contributed by atoms with E-state index in [9.17, 15) is 13.2 Å². The van der Waals surface area contributed by atoms with Crippen LogP contribution in [0.15, 0.2) is 0 Å². The molecule has 2 unspecified atom stereocenters. The Hall–Kier alpha value is -0.250. The highest BCUT2D eigenvalue weighted by Gasteiger charge is 2.61. The molecule has 5 fully saturated rings. The zero-order valence-electron chi connectivity index (χ0n) is 11.3. The van der Waals surface area contributed by atoms with Crippen molar-refractivity contribution in [3.05, 3.63) is 0 Å². The largest absolute Gasteiger partial charge is 0.394 e. The Balaban J connectivity index is 1.43. The number of hydrogen-bond acceptors (Lipinski definition) is 1. The van der Waals surface area contributed by atoms with Crippen molar-refractivity contribution in [3.63, 3.8) is 0 Å². The van der Waals surface area contributed by atoms with Gasteiger partial charge in [0, 0.05) is 19.6 Å². The van der Waals surface area contributed by atoms with Crippen molar-refractivity contribution in [2.24, 2.45) is 22.7 Å². The quantitative estimate of drug-likeness (QED) is 0.739. The first-order valence-electron chi connectivity index (χ1n) is 7.71. The molecule has 1 heterocycles. The van der Waals surface area contributed by atoms with Gasteiger partial charge < -0.3 is 4.90 Å². The number of halogens is 3. The van der Waals surface area contributed by atoms with Crippen molar-refractivity contribution >= 4 is 0 Å². The number of nitrogens with zero attached hydrogens (tertiary/aromatic N) is 1. The summed E-state index contributed by atoms with van der Waals surface area (Å²) in [5.74, 6) is 1.86. The van der Waals surface area contributed by atoms with E-state index in [2.05, 4.69) is 4.90 Å². The summed E-state index contributed by atoms with van der Waals surface area (Å²) in [6.45, 7) is 3.52. The molecule has 0 aromatic heterocycles. The summed E-state index contributed by atoms with van der Waals surface area (Å²) in [5, 5.41) is 0. The summed E-state index contributed by atoms with van der Waals surface area (Å²) >= 11 is 0. The van der Waals surface area contributed by atoms with Crippen LogP contribution in [0, 0.1) is 22.7 Å². The summed E-state index contributed by atoms with van der Waals surface area (Å²) in [6.07, 6.45) is 0.996. The second-order valence-electron chi connectivity index (χ2n) is 7.73. The normalized spacial score (nSPS) is 49.4. The van der Waals surface area contributed by atoms with Gasteiger partial charge in [-0.05, 0) is 62.2 Å². The van der Waals surface area contributed by atoms with Gasteiger partial charge in [-0.25, -0.2) is 0 Å². The number of fused-ring (bicyclic) bond motifs is 4. The molecule has 4 aliphatic carbocycles. The first-order valence-corrected chi connectivity index (χ1v) is 7.71. The Bertz CT molecular complexity index is 355. The SMILES string of the molecule is FC(F)(F)C12CCC(CN3CC4CC4C3)(CC1)CC2. The first kappa shape index (κ1) is 12.5. The van der Waals surface area contributed by atoms with E-state index >= 15 is 0 Å². The molecule has 0 aromatic carbocycles. The van der Waals surface area contributed by atoms with Crippen LogP contribution in [0.4, 0.5) is 13.2 Å². The van der Waals surface area contributed by atoms with Crippen molar-refractivity contribution in [3.8, 4) is 0 Å². The molecule has 108 valence electrons. The molecule has 0 radical (unpaired) electrons. The molecule has 1 aliphatic heterocycles. The van der Waals surface area contributed by atoms with E-state index < -0.39 is 11.6 Å². The highest BCUT2D eigenvalue weighted by Crippen LogP contribution is 2.63. The van der Waals surface area contributed by atoms with E-state index in [1.807, 2.05) is 0 Å². The lowest BCUT2D eigenvalue weighted by atomic mass is 9.53. The molecular formula is C15H22F3N. The Labute approximate surface area is 112 Å². The van der Waals surface area contributed by atoms with Crippen LogP contribution in [0.2, 0.25) is 0 Å². The molecule has 4 heteroatoms. The fraction of sp³-hybridized carbons (Fsp3) is 1.00. The average Bonchev–Trinajstić information content (AvgIpc) is 2.97. The number of rotatable bonds is 2. The molecule has 2 atom stereocenters. The Morgan fingerprint density at radius 2 is 1.42 bits per heavy atom. The maximum absolute atomic E-state index is 13.2. The number of likely N-dealkylation sites (tertiary alicyclic amines) is 1. The van der Waals surface area contributed by atoms with Gasteiger partial charge in [-0.2, -0.15) is 13.2 Å². The van der Waals surface area contributed by atoms with Crippen molar-refractivity contribution in [1.29, 1.82) is 0 Å². The predicted octanol–water partition coefficient (Wildman–Crippen LogP) is 3.84. The second-order valence-corrected chi connectivity index (χ2v) is 7.73. The van der Waals surface area contributed by atoms with E-state index in [0.717, 1.165) is 37.6 Å². The molecule has 0 amide bonds. The molecule has 5 rings (SSSR count). The molecule has 4 saturated carbocycles. The minimum absolute atomic E-state index is 0.226. The number of piperidine rings is 1. The van der Waals surface area contributed by atoms with Gasteiger partial charge in [-0.1, -0.05) is 0 Å². The lowest BCUT2D eigenvalue weighted by Crippen LogP contribution is -2.52. The molecule has 2 bridgehead atoms. The maximum Gasteiger partial charge on any atom is 0.394 e. The molecule has 1 saturated heterocycles. The van der Waals surface area contributed by atoms with Crippen LogP contribution in [0.5, 0.6) is 0 Å². The van der Waals surface area contributed by atoms with Gasteiger partial charge in [0.05, 0.1) is 5.41 Å². The van der Waals surface area contributed by atoms with Crippen LogP contribution in [-0.4, -0.2) is 30.7 Å². The average molecular weight is 273 g/mol. The number of alkyl halides is 3. The van der Waals surface area contributed by atoms with Gasteiger partial charge in [0.15, 0.2) is 0 Å². The molecule has 1 nitrogen and oxygen atoms in total. The molecule has 0 spiro atoms. The van der Waals surface area contributed by atoms with Crippen LogP contribution >= 0.6 is 0 Å². The van der Waals surface area contributed by atoms with Crippen LogP contribution in [0.1, 0.15) is 44.9 Å². The smallest absolute Gasteiger partial charge is 0.302 e. The van der Waals surface area contributed by atoms with Crippen LogP contribution < -0.4 is 0 Å². The maximum atomic E-state index is 13.2. The third-order valence-corrected chi connectivity index (χ3v) is 6.62. The minimum Gasteiger partial charge on any atom is -0.302 e. The third-order valence-electron chi connectivity index (χ3n) is 6.62. The summed E-state index contributed by atoms with van der Waals surface area (Å²) in [4.78, 5) is 2.55. The Morgan fingerprint density at radius 1 is 0.895 bits per heavy atom. The van der Waals surface area contributed by atoms with Crippen LogP contribution in [0.25, 0.3) is 0 Å². The summed E-state index contributed by atoms with van der Waals surface area (Å²) in [7, 11) is 0. The van der Waals surface area contributed by atoms with Crippen molar-refractivity contribution in [2.75, 3.05) is 19.6 Å². The summed E-state index contributed by atoms with van der Waals surface area (Å²) in [6, 6.07) is 0. The summed E-state index contributed by atoms with van der Waals surface area (Å²) in [5.41, 5.74) is -1.09. The van der Waals surface area contributed by atoms with Gasteiger partial charge in [-0.15, -0.1) is 0 Å². The molecule has 19 heavy (non-hydrogen) atoms. The van der Waals surface area contributed by atoms with Gasteiger partial charge in [-0.3, -0.25) is 0 Å². The molecule has 0 aromatic rings. The standard InChI is InChI=1S/C15H22F3N/c16-15(17,18)14-4-1-13(2-5-14,3-6-14)10-19-8-11-7-12(11)9-19/h11-12H,1-10H2. The van der Waals surface area contributed by atoms with E-state index in [-0.39, 0.29) is 5.41 Å². The van der Waals surface area contributed by atoms with E-state index in [0.29, 0.717) is 19.3 Å². The van der Waals surface area contributed by atoms with Gasteiger partial charge >= 0.3 is 6.18 Å². The predicted molar refractivity (Wildman–Crippen MR) is 66.7 cm³/mol. The Kier molecular flexibility index (Phi) is 2.42. The molecule has 5 aliphatic rings. The Morgan fingerprint density at radius 3 is 1.89 bits per heavy atom. The second kappa shape index (κ2) is 3.69. The van der Waals surface area contributed by atoms with Gasteiger partial charge in [0.25, 0.3) is 0 Å². The lowest BCUT2D eigenvalue weighted by molar-refractivity contribution is -0.260. The highest BCUT2D eigenvalue weighted by atomic mass is 19.4. The molecular weight excluding hydrogens is 251 g/mol. The monoisotopic (exact) mass is 273 g/mol.